The van der Waals surface area contributed by atoms with Gasteiger partial charge < -0.3 is 15.0 Å². The van der Waals surface area contributed by atoms with E-state index in [9.17, 15) is 27.6 Å². The van der Waals surface area contributed by atoms with Crippen molar-refractivity contribution in [3.8, 4) is 6.07 Å². The van der Waals surface area contributed by atoms with Gasteiger partial charge in [-0.2, -0.15) is 18.4 Å². The van der Waals surface area contributed by atoms with Gasteiger partial charge in [-0.1, -0.05) is 0 Å². The maximum atomic E-state index is 13.4. The summed E-state index contributed by atoms with van der Waals surface area (Å²) in [6, 6.07) is 3.90. The molecule has 4 amide bonds. The lowest BCUT2D eigenvalue weighted by Gasteiger charge is -2.44. The third-order valence-electron chi connectivity index (χ3n) is 6.40. The maximum absolute atomic E-state index is 13.4. The number of urea groups is 1. The summed E-state index contributed by atoms with van der Waals surface area (Å²) in [5, 5.41) is 11.7. The second-order valence-electron chi connectivity index (χ2n) is 8.73. The third-order valence-corrected chi connectivity index (χ3v) is 6.40. The van der Waals surface area contributed by atoms with Crippen molar-refractivity contribution in [2.45, 2.75) is 38.1 Å². The molecule has 0 aliphatic carbocycles. The molecule has 0 radical (unpaired) electrons. The first-order valence-corrected chi connectivity index (χ1v) is 10.1. The van der Waals surface area contributed by atoms with Gasteiger partial charge in [0.05, 0.1) is 59.0 Å². The van der Waals surface area contributed by atoms with Crippen molar-refractivity contribution in [3.63, 3.8) is 0 Å². The summed E-state index contributed by atoms with van der Waals surface area (Å²) in [7, 11) is 0. The van der Waals surface area contributed by atoms with Crippen LogP contribution in [0.1, 0.15) is 31.9 Å². The number of likely N-dealkylation sites (tertiary alicyclic amines) is 1. The van der Waals surface area contributed by atoms with Gasteiger partial charge in [-0.25, -0.2) is 9.69 Å². The summed E-state index contributed by atoms with van der Waals surface area (Å²) in [5.41, 5.74) is -4.41. The van der Waals surface area contributed by atoms with Gasteiger partial charge in [-0.15, -0.1) is 0 Å². The Labute approximate surface area is 181 Å². The summed E-state index contributed by atoms with van der Waals surface area (Å²) in [6.45, 7) is 5.56. The molecule has 32 heavy (non-hydrogen) atoms. The quantitative estimate of drug-likeness (QED) is 0.697. The number of amides is 4. The fourth-order valence-corrected chi connectivity index (χ4v) is 5.30. The molecule has 3 aliphatic rings. The predicted molar refractivity (Wildman–Crippen MR) is 104 cm³/mol. The van der Waals surface area contributed by atoms with Crippen molar-refractivity contribution in [1.29, 1.82) is 5.26 Å². The smallest absolute Gasteiger partial charge is 0.364 e. The van der Waals surface area contributed by atoms with Crippen molar-refractivity contribution < 1.29 is 32.3 Å². The number of benzene rings is 1. The molecule has 4 atom stereocenters. The number of imide groups is 1. The maximum Gasteiger partial charge on any atom is 0.417 e. The molecular formula is C21H21F3N4O4. The zero-order valence-electron chi connectivity index (χ0n) is 17.6. The van der Waals surface area contributed by atoms with Gasteiger partial charge in [0, 0.05) is 6.54 Å². The second kappa shape index (κ2) is 6.93. The van der Waals surface area contributed by atoms with E-state index in [0.717, 1.165) is 17.0 Å². The van der Waals surface area contributed by atoms with Crippen LogP contribution >= 0.6 is 0 Å². The van der Waals surface area contributed by atoms with Crippen LogP contribution in [0.15, 0.2) is 18.2 Å². The number of alkyl halides is 3. The molecule has 1 N–H and O–H groups in total. The first-order chi connectivity index (χ1) is 14.9. The van der Waals surface area contributed by atoms with Crippen molar-refractivity contribution in [1.82, 2.24) is 10.2 Å². The van der Waals surface area contributed by atoms with Gasteiger partial charge in [0.2, 0.25) is 11.8 Å². The van der Waals surface area contributed by atoms with Crippen molar-refractivity contribution in [2.24, 2.45) is 11.8 Å². The Morgan fingerprint density at radius 2 is 1.78 bits per heavy atom. The highest BCUT2D eigenvalue weighted by Gasteiger charge is 2.72. The van der Waals surface area contributed by atoms with Gasteiger partial charge in [-0.3, -0.25) is 9.59 Å². The molecule has 2 bridgehead atoms. The van der Waals surface area contributed by atoms with Crippen LogP contribution in [0.3, 0.4) is 0 Å². The number of anilines is 1. The first-order valence-electron chi connectivity index (χ1n) is 10.1. The van der Waals surface area contributed by atoms with Crippen LogP contribution in [0.2, 0.25) is 0 Å². The van der Waals surface area contributed by atoms with Gasteiger partial charge in [-0.05, 0) is 39.0 Å². The number of rotatable bonds is 2. The predicted octanol–water partition coefficient (Wildman–Crippen LogP) is 2.28. The number of nitrogens with zero attached hydrogens (tertiary/aromatic N) is 3. The van der Waals surface area contributed by atoms with E-state index in [0.29, 0.717) is 12.6 Å². The molecule has 3 aliphatic heterocycles. The number of ether oxygens (including phenoxy) is 1. The van der Waals surface area contributed by atoms with Gasteiger partial charge in [0.1, 0.15) is 0 Å². The molecule has 11 heteroatoms. The molecular weight excluding hydrogens is 429 g/mol. The average Bonchev–Trinajstić information content (AvgIpc) is 3.07. The Hall–Kier alpha value is -3.13. The summed E-state index contributed by atoms with van der Waals surface area (Å²) < 4.78 is 46.4. The molecule has 0 saturated carbocycles. The molecule has 1 aromatic rings. The normalized spacial score (nSPS) is 31.5. The molecule has 0 unspecified atom stereocenters. The summed E-state index contributed by atoms with van der Waals surface area (Å²) in [6.07, 6.45) is -4.83. The molecule has 3 heterocycles. The molecule has 0 aromatic heterocycles. The van der Waals surface area contributed by atoms with E-state index in [-0.39, 0.29) is 24.8 Å². The van der Waals surface area contributed by atoms with Gasteiger partial charge >= 0.3 is 12.2 Å². The molecule has 3 fully saturated rings. The fraction of sp³-hybridized carbons (Fsp3) is 0.524. The minimum atomic E-state index is -4.83. The highest BCUT2D eigenvalue weighted by atomic mass is 19.4. The Morgan fingerprint density at radius 3 is 2.25 bits per heavy atom. The molecule has 4 rings (SSSR count). The van der Waals surface area contributed by atoms with Crippen LogP contribution < -0.4 is 10.2 Å². The fourth-order valence-electron chi connectivity index (χ4n) is 5.30. The second-order valence-corrected chi connectivity index (χ2v) is 8.73. The van der Waals surface area contributed by atoms with Crippen LogP contribution in [0.25, 0.3) is 0 Å². The van der Waals surface area contributed by atoms with E-state index in [4.69, 9.17) is 10.00 Å². The SMILES string of the molecule is CCNC(=O)N1C[C@@]2(C)O[C@@](C)(C1)[C@@H]1C(=O)N(c3ccc(C#N)c(C(F)(F)F)c3)C(=O)[C@@H]12. The zero-order chi connectivity index (χ0) is 23.6. The van der Waals surface area contributed by atoms with Crippen LogP contribution in [-0.2, 0) is 20.5 Å². The van der Waals surface area contributed by atoms with E-state index in [1.54, 1.807) is 20.8 Å². The lowest BCUT2D eigenvalue weighted by molar-refractivity contribution is -0.161. The summed E-state index contributed by atoms with van der Waals surface area (Å²) in [5.74, 6) is -3.27. The number of carbonyl (C=O) groups is 3. The third kappa shape index (κ3) is 3.04. The van der Waals surface area contributed by atoms with E-state index in [2.05, 4.69) is 5.32 Å². The van der Waals surface area contributed by atoms with Crippen LogP contribution in [0, 0.1) is 23.2 Å². The van der Waals surface area contributed by atoms with Crippen LogP contribution in [-0.4, -0.2) is 53.6 Å². The minimum Gasteiger partial charge on any atom is -0.364 e. The molecule has 3 saturated heterocycles. The topological polar surface area (TPSA) is 103 Å². The largest absolute Gasteiger partial charge is 0.417 e. The number of nitriles is 1. The number of carbonyl (C=O) groups excluding carboxylic acids is 3. The highest BCUT2D eigenvalue weighted by Crippen LogP contribution is 2.55. The number of fused-ring (bicyclic) bond motifs is 5. The molecule has 0 spiro atoms. The van der Waals surface area contributed by atoms with Crippen molar-refractivity contribution >= 4 is 23.5 Å². The van der Waals surface area contributed by atoms with Gasteiger partial charge in [0.25, 0.3) is 0 Å². The van der Waals surface area contributed by atoms with E-state index >= 15 is 0 Å². The van der Waals surface area contributed by atoms with Crippen LogP contribution in [0.5, 0.6) is 0 Å². The molecule has 8 nitrogen and oxygen atoms in total. The Kier molecular flexibility index (Phi) is 4.78. The number of hydrogen-bond donors (Lipinski definition) is 1. The van der Waals surface area contributed by atoms with Crippen molar-refractivity contribution in [3.05, 3.63) is 29.3 Å². The molecule has 1 aromatic carbocycles. The van der Waals surface area contributed by atoms with Gasteiger partial charge in [0.15, 0.2) is 0 Å². The highest BCUT2D eigenvalue weighted by molar-refractivity contribution is 6.23. The zero-order valence-corrected chi connectivity index (χ0v) is 17.6. The Bertz CT molecular complexity index is 1030. The summed E-state index contributed by atoms with van der Waals surface area (Å²) >= 11 is 0. The van der Waals surface area contributed by atoms with E-state index in [1.165, 1.54) is 11.0 Å². The Balaban J connectivity index is 1.73. The Morgan fingerprint density at radius 1 is 1.22 bits per heavy atom. The first kappa shape index (κ1) is 22.1. The lowest BCUT2D eigenvalue weighted by Crippen LogP contribution is -2.61. The summed E-state index contributed by atoms with van der Waals surface area (Å²) in [4.78, 5) is 41.4. The van der Waals surface area contributed by atoms with E-state index in [1.807, 2.05) is 0 Å². The van der Waals surface area contributed by atoms with E-state index < -0.39 is 52.2 Å². The number of morpholine rings is 1. The number of nitrogens with one attached hydrogen (secondary N) is 1. The van der Waals surface area contributed by atoms with Crippen LogP contribution in [0.4, 0.5) is 23.7 Å². The lowest BCUT2D eigenvalue weighted by atomic mass is 9.79. The van der Waals surface area contributed by atoms with Crippen molar-refractivity contribution in [2.75, 3.05) is 24.5 Å². The number of halogens is 3. The average molecular weight is 450 g/mol. The standard InChI is InChI=1S/C21H21F3N4O4/c1-4-26-18(31)27-9-19(2)14-15(20(3,10-27)32-19)17(30)28(16(14)29)12-6-5-11(8-25)13(7-12)21(22,23)24/h5-7,14-15H,4,9-10H2,1-3H3,(H,26,31)/t14-,15+,19-,20+. The number of hydrogen-bond acceptors (Lipinski definition) is 5. The monoisotopic (exact) mass is 450 g/mol. The molecule has 170 valence electrons. The minimum absolute atomic E-state index is 0.0591.